The molecule has 2 atom stereocenters. The summed E-state index contributed by atoms with van der Waals surface area (Å²) >= 11 is 0. The molecule has 1 saturated carbocycles. The van der Waals surface area contributed by atoms with E-state index in [4.69, 9.17) is 4.74 Å². The molecule has 22 heavy (non-hydrogen) atoms. The quantitative estimate of drug-likeness (QED) is 0.861. The van der Waals surface area contributed by atoms with Gasteiger partial charge in [0.1, 0.15) is 0 Å². The van der Waals surface area contributed by atoms with Crippen LogP contribution in [0.3, 0.4) is 0 Å². The van der Waals surface area contributed by atoms with Crippen molar-refractivity contribution in [1.82, 2.24) is 0 Å². The molecule has 0 spiro atoms. The van der Waals surface area contributed by atoms with E-state index in [1.54, 1.807) is 12.1 Å². The van der Waals surface area contributed by atoms with E-state index in [2.05, 4.69) is 13.8 Å². The highest BCUT2D eigenvalue weighted by molar-refractivity contribution is 5.89. The molecule has 0 radical (unpaired) electrons. The number of benzene rings is 1. The van der Waals surface area contributed by atoms with Gasteiger partial charge in [0.25, 0.3) is 0 Å². The SMILES string of the molecule is COC(=O)c1ccc([C@@H]2CC(C)(C)C[C@](C)(C(=O)O)C2)cc1. The topological polar surface area (TPSA) is 63.6 Å². The zero-order valence-corrected chi connectivity index (χ0v) is 13.7. The van der Waals surface area contributed by atoms with Crippen LogP contribution >= 0.6 is 0 Å². The van der Waals surface area contributed by atoms with E-state index >= 15 is 0 Å². The lowest BCUT2D eigenvalue weighted by Gasteiger charge is -2.44. The fraction of sp³-hybridized carbons (Fsp3) is 0.556. The van der Waals surface area contributed by atoms with E-state index in [-0.39, 0.29) is 17.3 Å². The summed E-state index contributed by atoms with van der Waals surface area (Å²) in [6.45, 7) is 6.10. The van der Waals surface area contributed by atoms with Crippen LogP contribution in [-0.4, -0.2) is 24.2 Å². The molecule has 1 aliphatic carbocycles. The van der Waals surface area contributed by atoms with Crippen LogP contribution in [0.2, 0.25) is 0 Å². The van der Waals surface area contributed by atoms with Crippen molar-refractivity contribution in [3.05, 3.63) is 35.4 Å². The second kappa shape index (κ2) is 5.75. The van der Waals surface area contributed by atoms with Crippen LogP contribution in [0, 0.1) is 10.8 Å². The van der Waals surface area contributed by atoms with Gasteiger partial charge in [0.05, 0.1) is 18.1 Å². The molecular weight excluding hydrogens is 280 g/mol. The third-order valence-corrected chi connectivity index (χ3v) is 4.68. The molecule has 4 heteroatoms. The monoisotopic (exact) mass is 304 g/mol. The molecule has 4 nitrogen and oxygen atoms in total. The third-order valence-electron chi connectivity index (χ3n) is 4.68. The minimum atomic E-state index is -0.726. The van der Waals surface area contributed by atoms with Crippen LogP contribution in [0.5, 0.6) is 0 Å². The molecule has 0 heterocycles. The molecule has 0 amide bonds. The van der Waals surface area contributed by atoms with Crippen LogP contribution in [0.25, 0.3) is 0 Å². The molecule has 1 aromatic rings. The van der Waals surface area contributed by atoms with E-state index in [0.717, 1.165) is 12.0 Å². The van der Waals surface area contributed by atoms with Crippen molar-refractivity contribution >= 4 is 11.9 Å². The number of methoxy groups -OCH3 is 1. The van der Waals surface area contributed by atoms with E-state index in [1.165, 1.54) is 7.11 Å². The highest BCUT2D eigenvalue weighted by Crippen LogP contribution is 2.52. The second-order valence-electron chi connectivity index (χ2n) is 7.43. The molecule has 0 aromatic heterocycles. The van der Waals surface area contributed by atoms with E-state index < -0.39 is 11.4 Å². The lowest BCUT2D eigenvalue weighted by molar-refractivity contribution is -0.152. The maximum Gasteiger partial charge on any atom is 0.337 e. The number of carbonyl (C=O) groups excluding carboxylic acids is 1. The number of carboxylic acid groups (broad SMARTS) is 1. The van der Waals surface area contributed by atoms with Gasteiger partial charge in [-0.2, -0.15) is 0 Å². The predicted molar refractivity (Wildman–Crippen MR) is 83.9 cm³/mol. The van der Waals surface area contributed by atoms with Crippen LogP contribution < -0.4 is 0 Å². The Balaban J connectivity index is 2.27. The number of carboxylic acids is 1. The normalized spacial score (nSPS) is 27.2. The van der Waals surface area contributed by atoms with Crippen molar-refractivity contribution < 1.29 is 19.4 Å². The minimum absolute atomic E-state index is 0.0168. The van der Waals surface area contributed by atoms with Crippen molar-refractivity contribution in [2.24, 2.45) is 10.8 Å². The van der Waals surface area contributed by atoms with Gasteiger partial charge in [0.2, 0.25) is 0 Å². The first-order valence-corrected chi connectivity index (χ1v) is 7.58. The van der Waals surface area contributed by atoms with Crippen molar-refractivity contribution in [3.8, 4) is 0 Å². The molecule has 1 fully saturated rings. The van der Waals surface area contributed by atoms with E-state index in [1.807, 2.05) is 19.1 Å². The molecule has 1 aromatic carbocycles. The summed E-state index contributed by atoms with van der Waals surface area (Å²) < 4.78 is 4.70. The largest absolute Gasteiger partial charge is 0.481 e. The Labute approximate surface area is 131 Å². The van der Waals surface area contributed by atoms with Crippen LogP contribution in [-0.2, 0) is 9.53 Å². The third kappa shape index (κ3) is 3.32. The average Bonchev–Trinajstić information content (AvgIpc) is 2.44. The zero-order chi connectivity index (χ0) is 16.5. The number of hydrogen-bond donors (Lipinski definition) is 1. The molecule has 1 aliphatic rings. The van der Waals surface area contributed by atoms with Crippen LogP contribution in [0.1, 0.15) is 61.9 Å². The maximum absolute atomic E-state index is 11.7. The van der Waals surface area contributed by atoms with Gasteiger partial charge in [-0.25, -0.2) is 4.79 Å². The summed E-state index contributed by atoms with van der Waals surface area (Å²) in [5.41, 5.74) is 0.889. The van der Waals surface area contributed by atoms with Crippen molar-refractivity contribution in [2.75, 3.05) is 7.11 Å². The molecule has 0 aliphatic heterocycles. The van der Waals surface area contributed by atoms with Gasteiger partial charge in [-0.3, -0.25) is 4.79 Å². The Hall–Kier alpha value is -1.84. The Morgan fingerprint density at radius 3 is 2.23 bits per heavy atom. The van der Waals surface area contributed by atoms with Crippen molar-refractivity contribution in [3.63, 3.8) is 0 Å². The fourth-order valence-corrected chi connectivity index (χ4v) is 3.89. The number of carbonyl (C=O) groups is 2. The van der Waals surface area contributed by atoms with Crippen LogP contribution in [0.4, 0.5) is 0 Å². The van der Waals surface area contributed by atoms with Gasteiger partial charge in [-0.05, 0) is 55.2 Å². The molecule has 0 unspecified atom stereocenters. The molecular formula is C18H24O4. The Kier molecular flexibility index (Phi) is 4.32. The molecule has 0 saturated heterocycles. The summed E-state index contributed by atoms with van der Waals surface area (Å²) in [5, 5.41) is 9.58. The van der Waals surface area contributed by atoms with E-state index in [0.29, 0.717) is 18.4 Å². The van der Waals surface area contributed by atoms with Gasteiger partial charge in [-0.15, -0.1) is 0 Å². The Bertz CT molecular complexity index is 573. The molecule has 120 valence electrons. The highest BCUT2D eigenvalue weighted by atomic mass is 16.5. The van der Waals surface area contributed by atoms with Gasteiger partial charge in [0, 0.05) is 0 Å². The first-order valence-electron chi connectivity index (χ1n) is 7.58. The average molecular weight is 304 g/mol. The first kappa shape index (κ1) is 16.5. The summed E-state index contributed by atoms with van der Waals surface area (Å²) in [5.74, 6) is -0.890. The smallest absolute Gasteiger partial charge is 0.337 e. The predicted octanol–water partition coefficient (Wildman–Crippen LogP) is 3.86. The standard InChI is InChI=1S/C18H24O4/c1-17(2)9-14(10-18(3,11-17)16(20)21)12-5-7-13(8-6-12)15(19)22-4/h5-8,14H,9-11H2,1-4H3,(H,20,21)/t14-,18-/m1/s1. The van der Waals surface area contributed by atoms with Gasteiger partial charge < -0.3 is 9.84 Å². The van der Waals surface area contributed by atoms with Gasteiger partial charge in [-0.1, -0.05) is 26.0 Å². The molecule has 2 rings (SSSR count). The maximum atomic E-state index is 11.7. The summed E-state index contributed by atoms with van der Waals surface area (Å²) in [6, 6.07) is 7.34. The lowest BCUT2D eigenvalue weighted by atomic mass is 9.59. The Morgan fingerprint density at radius 2 is 1.73 bits per heavy atom. The Morgan fingerprint density at radius 1 is 1.14 bits per heavy atom. The van der Waals surface area contributed by atoms with E-state index in [9.17, 15) is 14.7 Å². The molecule has 1 N–H and O–H groups in total. The summed E-state index contributed by atoms with van der Waals surface area (Å²) in [4.78, 5) is 23.2. The number of hydrogen-bond acceptors (Lipinski definition) is 3. The summed E-state index contributed by atoms with van der Waals surface area (Å²) in [6.07, 6.45) is 2.27. The fourth-order valence-electron chi connectivity index (χ4n) is 3.89. The minimum Gasteiger partial charge on any atom is -0.481 e. The lowest BCUT2D eigenvalue weighted by Crippen LogP contribution is -2.40. The summed E-state index contributed by atoms with van der Waals surface area (Å²) in [7, 11) is 1.36. The van der Waals surface area contributed by atoms with Gasteiger partial charge in [0.15, 0.2) is 0 Å². The van der Waals surface area contributed by atoms with Crippen LogP contribution in [0.15, 0.2) is 24.3 Å². The first-order chi connectivity index (χ1) is 10.2. The van der Waals surface area contributed by atoms with Gasteiger partial charge >= 0.3 is 11.9 Å². The van der Waals surface area contributed by atoms with Crippen molar-refractivity contribution in [1.29, 1.82) is 0 Å². The zero-order valence-electron chi connectivity index (χ0n) is 13.7. The number of rotatable bonds is 3. The molecule has 0 bridgehead atoms. The van der Waals surface area contributed by atoms with Crippen molar-refractivity contribution in [2.45, 2.75) is 46.0 Å². The number of aliphatic carboxylic acids is 1. The number of esters is 1. The highest BCUT2D eigenvalue weighted by Gasteiger charge is 2.46. The number of ether oxygens (including phenoxy) is 1. The second-order valence-corrected chi connectivity index (χ2v) is 7.43.